The number of benzene rings is 2. The predicted octanol–water partition coefficient (Wildman–Crippen LogP) is 2.56. The highest BCUT2D eigenvalue weighted by Crippen LogP contribution is 2.17. The molecule has 5 nitrogen and oxygen atoms in total. The summed E-state index contributed by atoms with van der Waals surface area (Å²) in [7, 11) is 0. The first-order chi connectivity index (χ1) is 10.3. The molecule has 21 heavy (non-hydrogen) atoms. The molecular formula is C16H13N3O2. The number of hydrogen-bond acceptors (Lipinski definition) is 3. The number of carboxylic acid groups (broad SMARTS) is 1. The van der Waals surface area contributed by atoms with Crippen molar-refractivity contribution in [1.82, 2.24) is 15.0 Å². The number of para-hydroxylation sites is 1. The quantitative estimate of drug-likeness (QED) is 0.797. The van der Waals surface area contributed by atoms with Crippen LogP contribution in [-0.2, 0) is 6.42 Å². The molecule has 1 heterocycles. The van der Waals surface area contributed by atoms with E-state index in [0.29, 0.717) is 12.1 Å². The van der Waals surface area contributed by atoms with Gasteiger partial charge in [0, 0.05) is 6.42 Å². The van der Waals surface area contributed by atoms with Gasteiger partial charge in [-0.25, -0.2) is 9.48 Å². The van der Waals surface area contributed by atoms with Gasteiger partial charge in [0.2, 0.25) is 0 Å². The van der Waals surface area contributed by atoms with E-state index in [1.54, 1.807) is 4.68 Å². The second kappa shape index (κ2) is 5.58. The van der Waals surface area contributed by atoms with Crippen LogP contribution in [0.5, 0.6) is 0 Å². The van der Waals surface area contributed by atoms with Crippen LogP contribution in [0, 0.1) is 0 Å². The maximum atomic E-state index is 11.3. The lowest BCUT2D eigenvalue weighted by Gasteiger charge is -2.07. The minimum Gasteiger partial charge on any atom is -0.476 e. The summed E-state index contributed by atoms with van der Waals surface area (Å²) < 4.78 is 1.58. The largest absolute Gasteiger partial charge is 0.476 e. The lowest BCUT2D eigenvalue weighted by molar-refractivity contribution is 0.0689. The average Bonchev–Trinajstić information content (AvgIpc) is 2.93. The van der Waals surface area contributed by atoms with Crippen LogP contribution >= 0.6 is 0 Å². The fourth-order valence-corrected chi connectivity index (χ4v) is 2.19. The van der Waals surface area contributed by atoms with E-state index < -0.39 is 5.97 Å². The highest BCUT2D eigenvalue weighted by atomic mass is 16.4. The maximum Gasteiger partial charge on any atom is 0.358 e. The Morgan fingerprint density at radius 2 is 1.62 bits per heavy atom. The van der Waals surface area contributed by atoms with Crippen LogP contribution in [0.25, 0.3) is 5.69 Å². The van der Waals surface area contributed by atoms with Crippen LogP contribution in [0.3, 0.4) is 0 Å². The van der Waals surface area contributed by atoms with Gasteiger partial charge in [-0.15, -0.1) is 5.10 Å². The number of aromatic carboxylic acids is 1. The summed E-state index contributed by atoms with van der Waals surface area (Å²) in [4.78, 5) is 11.3. The lowest BCUT2D eigenvalue weighted by Crippen LogP contribution is -2.07. The zero-order valence-corrected chi connectivity index (χ0v) is 11.2. The zero-order chi connectivity index (χ0) is 14.7. The summed E-state index contributed by atoms with van der Waals surface area (Å²) in [5, 5.41) is 17.1. The van der Waals surface area contributed by atoms with E-state index in [-0.39, 0.29) is 5.69 Å². The molecule has 0 amide bonds. The minimum atomic E-state index is -1.07. The molecule has 104 valence electrons. The Labute approximate surface area is 121 Å². The molecule has 0 spiro atoms. The van der Waals surface area contributed by atoms with Crippen molar-refractivity contribution in [2.75, 3.05) is 0 Å². The van der Waals surface area contributed by atoms with Crippen molar-refractivity contribution in [2.45, 2.75) is 6.42 Å². The van der Waals surface area contributed by atoms with E-state index >= 15 is 0 Å². The molecule has 1 N–H and O–H groups in total. The van der Waals surface area contributed by atoms with Gasteiger partial charge in [0.15, 0.2) is 5.69 Å². The summed E-state index contributed by atoms with van der Waals surface area (Å²) in [6.45, 7) is 0. The molecule has 2 aromatic carbocycles. The lowest BCUT2D eigenvalue weighted by atomic mass is 10.1. The Morgan fingerprint density at radius 3 is 2.24 bits per heavy atom. The second-order valence-electron chi connectivity index (χ2n) is 4.60. The normalized spacial score (nSPS) is 10.5. The van der Waals surface area contributed by atoms with Crippen LogP contribution in [-0.4, -0.2) is 26.1 Å². The second-order valence-corrected chi connectivity index (χ2v) is 4.60. The van der Waals surface area contributed by atoms with E-state index in [0.717, 1.165) is 11.3 Å². The first kappa shape index (κ1) is 13.1. The number of carboxylic acids is 1. The van der Waals surface area contributed by atoms with E-state index in [9.17, 15) is 9.90 Å². The molecule has 0 bridgehead atoms. The molecule has 0 saturated heterocycles. The van der Waals surface area contributed by atoms with Crippen LogP contribution in [0.2, 0.25) is 0 Å². The highest BCUT2D eigenvalue weighted by Gasteiger charge is 2.19. The molecule has 0 aliphatic carbocycles. The van der Waals surface area contributed by atoms with Gasteiger partial charge in [-0.1, -0.05) is 53.7 Å². The number of carbonyl (C=O) groups is 1. The van der Waals surface area contributed by atoms with Crippen molar-refractivity contribution in [3.63, 3.8) is 0 Å². The fourth-order valence-electron chi connectivity index (χ4n) is 2.19. The number of hydrogen-bond donors (Lipinski definition) is 1. The van der Waals surface area contributed by atoms with Gasteiger partial charge in [-0.2, -0.15) is 0 Å². The Balaban J connectivity index is 2.08. The topological polar surface area (TPSA) is 68.0 Å². The molecule has 0 fully saturated rings. The molecule has 3 rings (SSSR count). The van der Waals surface area contributed by atoms with Crippen molar-refractivity contribution in [2.24, 2.45) is 0 Å². The predicted molar refractivity (Wildman–Crippen MR) is 77.6 cm³/mol. The summed E-state index contributed by atoms with van der Waals surface area (Å²) in [5.74, 6) is -1.07. The fraction of sp³-hybridized carbons (Fsp3) is 0.0625. The molecule has 0 atom stereocenters. The van der Waals surface area contributed by atoms with Crippen LogP contribution < -0.4 is 0 Å². The molecule has 0 radical (unpaired) electrons. The summed E-state index contributed by atoms with van der Waals surface area (Å²) in [6, 6.07) is 19.1. The smallest absolute Gasteiger partial charge is 0.358 e. The summed E-state index contributed by atoms with van der Waals surface area (Å²) >= 11 is 0. The number of aromatic nitrogens is 3. The van der Waals surface area contributed by atoms with Crippen LogP contribution in [0.15, 0.2) is 60.7 Å². The molecule has 0 aliphatic rings. The van der Waals surface area contributed by atoms with E-state index in [4.69, 9.17) is 0 Å². The highest BCUT2D eigenvalue weighted by molar-refractivity contribution is 5.86. The van der Waals surface area contributed by atoms with Crippen LogP contribution in [0.4, 0.5) is 0 Å². The van der Waals surface area contributed by atoms with E-state index in [1.807, 2.05) is 60.7 Å². The van der Waals surface area contributed by atoms with Crippen molar-refractivity contribution < 1.29 is 9.90 Å². The van der Waals surface area contributed by atoms with Gasteiger partial charge in [0.25, 0.3) is 0 Å². The Bertz CT molecular complexity index is 752. The van der Waals surface area contributed by atoms with E-state index in [1.165, 1.54) is 0 Å². The molecule has 0 saturated carbocycles. The molecule has 0 aliphatic heterocycles. The maximum absolute atomic E-state index is 11.3. The van der Waals surface area contributed by atoms with Crippen molar-refractivity contribution in [3.8, 4) is 5.69 Å². The molecule has 5 heteroatoms. The Kier molecular flexibility index (Phi) is 3.47. The van der Waals surface area contributed by atoms with Crippen molar-refractivity contribution in [3.05, 3.63) is 77.6 Å². The summed E-state index contributed by atoms with van der Waals surface area (Å²) in [6.07, 6.45) is 0.463. The van der Waals surface area contributed by atoms with Gasteiger partial charge < -0.3 is 5.11 Å². The number of nitrogens with zero attached hydrogens (tertiary/aromatic N) is 3. The molecular weight excluding hydrogens is 266 g/mol. The van der Waals surface area contributed by atoms with Gasteiger partial charge in [0.05, 0.1) is 11.4 Å². The van der Waals surface area contributed by atoms with Crippen molar-refractivity contribution in [1.29, 1.82) is 0 Å². The van der Waals surface area contributed by atoms with Gasteiger partial charge in [0.1, 0.15) is 0 Å². The first-order valence-corrected chi connectivity index (χ1v) is 6.53. The third kappa shape index (κ3) is 2.67. The third-order valence-electron chi connectivity index (χ3n) is 3.18. The molecule has 3 aromatic rings. The van der Waals surface area contributed by atoms with E-state index in [2.05, 4.69) is 10.3 Å². The first-order valence-electron chi connectivity index (χ1n) is 6.53. The summed E-state index contributed by atoms with van der Waals surface area (Å²) in [5.41, 5.74) is 2.37. The molecule has 0 unspecified atom stereocenters. The Hall–Kier alpha value is -2.95. The van der Waals surface area contributed by atoms with Gasteiger partial charge >= 0.3 is 5.97 Å². The number of rotatable bonds is 4. The van der Waals surface area contributed by atoms with Gasteiger partial charge in [-0.05, 0) is 17.7 Å². The van der Waals surface area contributed by atoms with Crippen LogP contribution in [0.1, 0.15) is 21.7 Å². The SMILES string of the molecule is O=C(O)c1nnn(-c2ccccc2)c1Cc1ccccc1. The van der Waals surface area contributed by atoms with Crippen molar-refractivity contribution >= 4 is 5.97 Å². The zero-order valence-electron chi connectivity index (χ0n) is 11.2. The molecule has 1 aromatic heterocycles. The monoisotopic (exact) mass is 279 g/mol. The standard InChI is InChI=1S/C16H13N3O2/c20-16(21)15-14(11-12-7-3-1-4-8-12)19(18-17-15)13-9-5-2-6-10-13/h1-10H,11H2,(H,20,21). The Morgan fingerprint density at radius 1 is 1.00 bits per heavy atom. The van der Waals surface area contributed by atoms with Gasteiger partial charge in [-0.3, -0.25) is 0 Å². The minimum absolute atomic E-state index is 0.0114. The average molecular weight is 279 g/mol. The third-order valence-corrected chi connectivity index (χ3v) is 3.18.